The van der Waals surface area contributed by atoms with Gasteiger partial charge in [-0.15, -0.1) is 0 Å². The summed E-state index contributed by atoms with van der Waals surface area (Å²) in [6, 6.07) is 11.1. The highest BCUT2D eigenvalue weighted by Gasteiger charge is 2.13. The number of carbonyl (C=O) groups is 1. The molecule has 3 rings (SSSR count). The number of methoxy groups -OCH3 is 1. The van der Waals surface area contributed by atoms with E-state index >= 15 is 0 Å². The molecule has 1 aromatic heterocycles. The summed E-state index contributed by atoms with van der Waals surface area (Å²) >= 11 is 0. The molecule has 0 aliphatic heterocycles. The molecule has 0 fully saturated rings. The van der Waals surface area contributed by atoms with Crippen molar-refractivity contribution in [3.05, 3.63) is 69.8 Å². The topological polar surface area (TPSA) is 80.0 Å². The maximum Gasteiger partial charge on any atom is 0.351 e. The number of nitrogens with zero attached hydrogens (tertiary/aromatic N) is 1. The predicted molar refractivity (Wildman–Crippen MR) is 94.5 cm³/mol. The van der Waals surface area contributed by atoms with Crippen molar-refractivity contribution in [1.82, 2.24) is 0 Å². The number of rotatable bonds is 5. The number of aromatic carboxylic acids is 1. The second-order valence-electron chi connectivity index (χ2n) is 5.80. The average Bonchev–Trinajstić information content (AvgIpc) is 2.60. The van der Waals surface area contributed by atoms with Gasteiger partial charge in [0.25, 0.3) is 0 Å². The largest absolute Gasteiger partial charge is 0.494 e. The van der Waals surface area contributed by atoms with Gasteiger partial charge in [0.05, 0.1) is 7.11 Å². The Bertz CT molecular complexity index is 1040. The second-order valence-corrected chi connectivity index (χ2v) is 5.80. The van der Waals surface area contributed by atoms with Crippen LogP contribution < -0.4 is 15.3 Å². The summed E-state index contributed by atoms with van der Waals surface area (Å²) < 4.78 is 23.8. The van der Waals surface area contributed by atoms with E-state index in [-0.39, 0.29) is 11.3 Å². The predicted octanol–water partition coefficient (Wildman–Crippen LogP) is 3.28. The third kappa shape index (κ3) is 3.37. The second kappa shape index (κ2) is 6.87. The van der Waals surface area contributed by atoms with Crippen LogP contribution in [0.25, 0.3) is 11.0 Å². The summed E-state index contributed by atoms with van der Waals surface area (Å²) in [6.07, 6.45) is 0. The number of anilines is 1. The van der Waals surface area contributed by atoms with Gasteiger partial charge in [0.1, 0.15) is 11.1 Å². The molecule has 0 radical (unpaired) electrons. The van der Waals surface area contributed by atoms with Gasteiger partial charge >= 0.3 is 11.6 Å². The van der Waals surface area contributed by atoms with Crippen molar-refractivity contribution in [1.29, 1.82) is 0 Å². The van der Waals surface area contributed by atoms with Crippen molar-refractivity contribution >= 4 is 22.6 Å². The van der Waals surface area contributed by atoms with E-state index in [1.807, 2.05) is 11.9 Å². The fraction of sp³-hybridized carbons (Fsp3) is 0.158. The third-order valence-corrected chi connectivity index (χ3v) is 4.03. The fourth-order valence-electron chi connectivity index (χ4n) is 2.66. The monoisotopic (exact) mass is 357 g/mol. The van der Waals surface area contributed by atoms with Crippen LogP contribution in [0.5, 0.6) is 5.75 Å². The number of carboxylic acids is 1. The van der Waals surface area contributed by atoms with E-state index in [0.717, 1.165) is 11.3 Å². The van der Waals surface area contributed by atoms with Crippen LogP contribution in [0.4, 0.5) is 10.1 Å². The lowest BCUT2D eigenvalue weighted by Crippen LogP contribution is -2.17. The van der Waals surface area contributed by atoms with Crippen LogP contribution in [0.3, 0.4) is 0 Å². The number of fused-ring (bicyclic) bond motifs is 1. The van der Waals surface area contributed by atoms with Crippen molar-refractivity contribution in [2.75, 3.05) is 19.1 Å². The van der Waals surface area contributed by atoms with Crippen molar-refractivity contribution in [3.8, 4) is 5.75 Å². The molecule has 26 heavy (non-hydrogen) atoms. The number of benzene rings is 2. The first-order valence-corrected chi connectivity index (χ1v) is 7.74. The van der Waals surface area contributed by atoms with Gasteiger partial charge in [0, 0.05) is 30.7 Å². The number of hydrogen-bond acceptors (Lipinski definition) is 5. The Morgan fingerprint density at radius 3 is 2.65 bits per heavy atom. The molecule has 134 valence electrons. The zero-order valence-corrected chi connectivity index (χ0v) is 14.2. The van der Waals surface area contributed by atoms with Gasteiger partial charge in [0.2, 0.25) is 0 Å². The minimum absolute atomic E-state index is 0.179. The summed E-state index contributed by atoms with van der Waals surface area (Å²) in [5, 5.41) is 9.49. The lowest BCUT2D eigenvalue weighted by atomic mass is 10.1. The lowest BCUT2D eigenvalue weighted by molar-refractivity contribution is 0.0692. The molecule has 0 bridgehead atoms. The highest BCUT2D eigenvalue weighted by molar-refractivity contribution is 5.92. The molecule has 1 heterocycles. The van der Waals surface area contributed by atoms with Crippen LogP contribution in [0.2, 0.25) is 0 Å². The Morgan fingerprint density at radius 1 is 1.23 bits per heavy atom. The van der Waals surface area contributed by atoms with E-state index in [1.165, 1.54) is 19.2 Å². The first-order chi connectivity index (χ1) is 12.4. The van der Waals surface area contributed by atoms with E-state index < -0.39 is 23.0 Å². The molecule has 6 nitrogen and oxygen atoms in total. The highest BCUT2D eigenvalue weighted by atomic mass is 19.1. The Balaban J connectivity index is 1.90. The van der Waals surface area contributed by atoms with Crippen LogP contribution in [0.1, 0.15) is 15.9 Å². The van der Waals surface area contributed by atoms with E-state index in [1.54, 1.807) is 30.3 Å². The maximum absolute atomic E-state index is 13.8. The van der Waals surface area contributed by atoms with Gasteiger partial charge in [-0.05, 0) is 35.9 Å². The van der Waals surface area contributed by atoms with Crippen molar-refractivity contribution in [2.24, 2.45) is 0 Å². The maximum atomic E-state index is 13.8. The highest BCUT2D eigenvalue weighted by Crippen LogP contribution is 2.24. The van der Waals surface area contributed by atoms with E-state index in [0.29, 0.717) is 11.9 Å². The van der Waals surface area contributed by atoms with Crippen LogP contribution >= 0.6 is 0 Å². The third-order valence-electron chi connectivity index (χ3n) is 4.03. The van der Waals surface area contributed by atoms with Crippen molar-refractivity contribution < 1.29 is 23.4 Å². The average molecular weight is 357 g/mol. The standard InChI is InChI=1S/C19H16FNO5/c1-21(10-11-3-6-16(25-2)15(20)7-11)13-5-4-12-8-14(18(22)23)19(24)26-17(12)9-13/h3-9H,10H2,1-2H3,(H,22,23). The fourth-order valence-corrected chi connectivity index (χ4v) is 2.66. The minimum Gasteiger partial charge on any atom is -0.494 e. The molecule has 1 N–H and O–H groups in total. The molecule has 3 aromatic rings. The summed E-state index contributed by atoms with van der Waals surface area (Å²) in [4.78, 5) is 24.6. The molecule has 0 amide bonds. The van der Waals surface area contributed by atoms with Crippen LogP contribution in [-0.4, -0.2) is 25.2 Å². The van der Waals surface area contributed by atoms with E-state index in [4.69, 9.17) is 14.3 Å². The molecule has 0 atom stereocenters. The van der Waals surface area contributed by atoms with Crippen LogP contribution in [0.15, 0.2) is 51.7 Å². The zero-order chi connectivity index (χ0) is 18.8. The molecule has 0 unspecified atom stereocenters. The number of ether oxygens (including phenoxy) is 1. The quantitative estimate of drug-likeness (QED) is 0.706. The summed E-state index contributed by atoms with van der Waals surface area (Å²) in [6.45, 7) is 0.420. The Morgan fingerprint density at radius 2 is 2.00 bits per heavy atom. The van der Waals surface area contributed by atoms with E-state index in [2.05, 4.69) is 0 Å². The lowest BCUT2D eigenvalue weighted by Gasteiger charge is -2.20. The first kappa shape index (κ1) is 17.5. The Kier molecular flexibility index (Phi) is 4.62. The van der Waals surface area contributed by atoms with Crippen molar-refractivity contribution in [3.63, 3.8) is 0 Å². The van der Waals surface area contributed by atoms with Gasteiger partial charge in [-0.2, -0.15) is 0 Å². The molecule has 2 aromatic carbocycles. The van der Waals surface area contributed by atoms with Gasteiger partial charge in [0.15, 0.2) is 11.6 Å². The smallest absolute Gasteiger partial charge is 0.351 e. The molecule has 0 aliphatic carbocycles. The number of halogens is 1. The molecule has 0 aliphatic rings. The zero-order valence-electron chi connectivity index (χ0n) is 14.2. The summed E-state index contributed by atoms with van der Waals surface area (Å²) in [7, 11) is 3.22. The van der Waals surface area contributed by atoms with Crippen LogP contribution in [-0.2, 0) is 6.54 Å². The van der Waals surface area contributed by atoms with Crippen molar-refractivity contribution in [2.45, 2.75) is 6.54 Å². The summed E-state index contributed by atoms with van der Waals surface area (Å²) in [5.41, 5.74) is 0.452. The SMILES string of the molecule is COc1ccc(CN(C)c2ccc3cc(C(=O)O)c(=O)oc3c2)cc1F. The van der Waals surface area contributed by atoms with Gasteiger partial charge in [-0.25, -0.2) is 14.0 Å². The molecule has 7 heteroatoms. The normalized spacial score (nSPS) is 10.7. The minimum atomic E-state index is -1.33. The molecular weight excluding hydrogens is 341 g/mol. The molecular formula is C19H16FNO5. The number of carboxylic acid groups (broad SMARTS) is 1. The van der Waals surface area contributed by atoms with Crippen LogP contribution in [0, 0.1) is 5.82 Å². The first-order valence-electron chi connectivity index (χ1n) is 7.74. The Labute approximate surface area is 148 Å². The molecule has 0 saturated heterocycles. The summed E-state index contributed by atoms with van der Waals surface area (Å²) in [5.74, 6) is -1.59. The van der Waals surface area contributed by atoms with Gasteiger partial charge in [-0.3, -0.25) is 0 Å². The Hall–Kier alpha value is -3.35. The van der Waals surface area contributed by atoms with Gasteiger partial charge < -0.3 is 19.2 Å². The molecule has 0 saturated carbocycles. The number of hydrogen-bond donors (Lipinski definition) is 1. The van der Waals surface area contributed by atoms with E-state index in [9.17, 15) is 14.0 Å². The van der Waals surface area contributed by atoms with Gasteiger partial charge in [-0.1, -0.05) is 6.07 Å². The molecule has 0 spiro atoms.